The van der Waals surface area contributed by atoms with E-state index in [1.807, 2.05) is 0 Å². The number of allylic oxidation sites excluding steroid dienone is 2. The molecule has 0 spiro atoms. The van der Waals surface area contributed by atoms with Crippen molar-refractivity contribution in [1.82, 2.24) is 0 Å². The van der Waals surface area contributed by atoms with E-state index in [-0.39, 0.29) is 26.9 Å². The quantitative estimate of drug-likeness (QED) is 0.355. The van der Waals surface area contributed by atoms with Gasteiger partial charge in [-0.25, -0.2) is 4.79 Å². The molecular formula is C23H18Cl2F3NO3. The van der Waals surface area contributed by atoms with Gasteiger partial charge in [0.2, 0.25) is 0 Å². The molecule has 3 rings (SSSR count). The first-order valence-corrected chi connectivity index (χ1v) is 10.2. The summed E-state index contributed by atoms with van der Waals surface area (Å²) in [5.41, 5.74) is -2.11. The second-order valence-corrected chi connectivity index (χ2v) is 8.14. The number of carboxylic acid groups (broad SMARTS) is 1. The van der Waals surface area contributed by atoms with E-state index >= 15 is 0 Å². The van der Waals surface area contributed by atoms with Crippen LogP contribution in [0.2, 0.25) is 10.0 Å². The molecule has 0 amide bonds. The Labute approximate surface area is 192 Å². The Kier molecular flexibility index (Phi) is 6.72. The summed E-state index contributed by atoms with van der Waals surface area (Å²) < 4.78 is 42.7. The van der Waals surface area contributed by atoms with Crippen LogP contribution in [0.3, 0.4) is 0 Å². The fraction of sp³-hybridized carbons (Fsp3) is 0.217. The Hall–Kier alpha value is -2.77. The van der Waals surface area contributed by atoms with Crippen LogP contribution in [0.5, 0.6) is 0 Å². The molecular weight excluding hydrogens is 466 g/mol. The number of carboxylic acids is 1. The van der Waals surface area contributed by atoms with Crippen molar-refractivity contribution >= 4 is 40.5 Å². The van der Waals surface area contributed by atoms with Gasteiger partial charge in [0, 0.05) is 27.9 Å². The van der Waals surface area contributed by atoms with Gasteiger partial charge in [0.25, 0.3) is 5.60 Å². The number of benzene rings is 2. The minimum absolute atomic E-state index is 0.0345. The second-order valence-electron chi connectivity index (χ2n) is 7.26. The van der Waals surface area contributed by atoms with Gasteiger partial charge in [-0.3, -0.25) is 0 Å². The van der Waals surface area contributed by atoms with Crippen LogP contribution in [0.1, 0.15) is 36.0 Å². The summed E-state index contributed by atoms with van der Waals surface area (Å²) >= 11 is 11.9. The first-order chi connectivity index (χ1) is 15.0. The molecule has 2 atom stereocenters. The van der Waals surface area contributed by atoms with Crippen molar-refractivity contribution in [2.24, 2.45) is 5.16 Å². The van der Waals surface area contributed by atoms with Crippen molar-refractivity contribution < 1.29 is 27.9 Å². The molecule has 2 unspecified atom stereocenters. The number of aliphatic carboxylic acids is 1. The van der Waals surface area contributed by atoms with E-state index in [1.165, 1.54) is 18.2 Å². The van der Waals surface area contributed by atoms with Gasteiger partial charge in [-0.05, 0) is 35.4 Å². The third-order valence-electron chi connectivity index (χ3n) is 5.27. The fourth-order valence-corrected chi connectivity index (χ4v) is 4.17. The molecule has 1 aliphatic rings. The van der Waals surface area contributed by atoms with Crippen molar-refractivity contribution in [3.8, 4) is 0 Å². The molecule has 4 nitrogen and oxygen atoms in total. The minimum atomic E-state index is -4.82. The smallest absolute Gasteiger partial charge is 0.435 e. The number of hydrogen-bond donors (Lipinski definition) is 1. The summed E-state index contributed by atoms with van der Waals surface area (Å²) in [4.78, 5) is 16.8. The minimum Gasteiger partial charge on any atom is -0.478 e. The zero-order chi connectivity index (χ0) is 23.7. The number of nitrogens with zero attached hydrogens (tertiary/aromatic N) is 1. The van der Waals surface area contributed by atoms with Crippen LogP contribution in [-0.2, 0) is 15.2 Å². The van der Waals surface area contributed by atoms with Gasteiger partial charge in [-0.2, -0.15) is 13.2 Å². The van der Waals surface area contributed by atoms with E-state index in [4.69, 9.17) is 28.0 Å². The Morgan fingerprint density at radius 1 is 1.25 bits per heavy atom. The molecule has 0 saturated carbocycles. The molecule has 1 aliphatic heterocycles. The van der Waals surface area contributed by atoms with Gasteiger partial charge in [0.1, 0.15) is 0 Å². The standard InChI is InChI=1S/C23H18Cl2F3NO3/c1-3-6-19(21(30)31)18-8-5-4-7-17(18)13(2)20-12-22(32-29-20,23(26,27)28)14-9-15(24)11-16(25)10-14/h3-11,13H,1,12H2,2H3,(H,30,31)/b19-6+. The average Bonchev–Trinajstić information content (AvgIpc) is 3.17. The summed E-state index contributed by atoms with van der Waals surface area (Å²) in [7, 11) is 0. The topological polar surface area (TPSA) is 58.9 Å². The molecule has 0 saturated heterocycles. The van der Waals surface area contributed by atoms with Gasteiger partial charge in [-0.15, -0.1) is 0 Å². The van der Waals surface area contributed by atoms with Crippen LogP contribution >= 0.6 is 23.2 Å². The van der Waals surface area contributed by atoms with Crippen molar-refractivity contribution in [1.29, 1.82) is 0 Å². The summed E-state index contributed by atoms with van der Waals surface area (Å²) in [6.07, 6.45) is -2.76. The lowest BCUT2D eigenvalue weighted by molar-refractivity contribution is -0.275. The molecule has 32 heavy (non-hydrogen) atoms. The molecule has 1 N–H and O–H groups in total. The van der Waals surface area contributed by atoms with Crippen LogP contribution in [0.25, 0.3) is 5.57 Å². The number of rotatable bonds is 6. The lowest BCUT2D eigenvalue weighted by atomic mass is 9.81. The van der Waals surface area contributed by atoms with Crippen molar-refractivity contribution in [2.75, 3.05) is 0 Å². The predicted octanol–water partition coefficient (Wildman–Crippen LogP) is 6.99. The van der Waals surface area contributed by atoms with E-state index in [1.54, 1.807) is 31.2 Å². The van der Waals surface area contributed by atoms with Crippen LogP contribution in [-0.4, -0.2) is 23.0 Å². The Morgan fingerprint density at radius 2 is 1.88 bits per heavy atom. The van der Waals surface area contributed by atoms with E-state index in [0.717, 1.165) is 12.1 Å². The Balaban J connectivity index is 2.04. The molecule has 2 aromatic rings. The number of halogens is 5. The van der Waals surface area contributed by atoms with E-state index in [0.29, 0.717) is 11.1 Å². The Morgan fingerprint density at radius 3 is 2.44 bits per heavy atom. The third-order valence-corrected chi connectivity index (χ3v) is 5.70. The van der Waals surface area contributed by atoms with Gasteiger partial charge >= 0.3 is 12.1 Å². The number of oxime groups is 1. The summed E-state index contributed by atoms with van der Waals surface area (Å²) in [6.45, 7) is 5.17. The van der Waals surface area contributed by atoms with Crippen molar-refractivity contribution in [3.05, 3.63) is 87.9 Å². The molecule has 0 aliphatic carbocycles. The number of hydrogen-bond acceptors (Lipinski definition) is 3. The molecule has 0 aromatic heterocycles. The largest absolute Gasteiger partial charge is 0.478 e. The summed E-state index contributed by atoms with van der Waals surface area (Å²) in [5, 5.41) is 13.4. The van der Waals surface area contributed by atoms with E-state index in [9.17, 15) is 23.1 Å². The fourth-order valence-electron chi connectivity index (χ4n) is 3.64. The first-order valence-electron chi connectivity index (χ1n) is 9.43. The first kappa shape index (κ1) is 23.9. The molecule has 0 radical (unpaired) electrons. The average molecular weight is 484 g/mol. The summed E-state index contributed by atoms with van der Waals surface area (Å²) in [5.74, 6) is -1.86. The van der Waals surface area contributed by atoms with Gasteiger partial charge in [0.05, 0.1) is 11.3 Å². The normalized spacial score (nSPS) is 19.8. The predicted molar refractivity (Wildman–Crippen MR) is 118 cm³/mol. The monoisotopic (exact) mass is 483 g/mol. The number of alkyl halides is 3. The van der Waals surface area contributed by atoms with Crippen LogP contribution < -0.4 is 0 Å². The highest BCUT2D eigenvalue weighted by Gasteiger charge is 2.62. The van der Waals surface area contributed by atoms with Gasteiger partial charge in [0.15, 0.2) is 0 Å². The lowest BCUT2D eigenvalue weighted by Gasteiger charge is -2.30. The maximum Gasteiger partial charge on any atom is 0.435 e. The van der Waals surface area contributed by atoms with E-state index in [2.05, 4.69) is 11.7 Å². The maximum atomic E-state index is 14.2. The van der Waals surface area contributed by atoms with Crippen LogP contribution in [0, 0.1) is 0 Å². The second kappa shape index (κ2) is 9.00. The van der Waals surface area contributed by atoms with Crippen molar-refractivity contribution in [3.63, 3.8) is 0 Å². The molecule has 168 valence electrons. The van der Waals surface area contributed by atoms with Gasteiger partial charge in [-0.1, -0.05) is 72.2 Å². The SMILES string of the molecule is C=C/C=C(/C(=O)O)c1ccccc1C(C)C1=NOC(c2cc(Cl)cc(Cl)c2)(C(F)(F)F)C1. The Bertz CT molecular complexity index is 1110. The molecule has 1 heterocycles. The molecule has 0 bridgehead atoms. The third kappa shape index (κ3) is 4.40. The van der Waals surface area contributed by atoms with Crippen molar-refractivity contribution in [2.45, 2.75) is 31.0 Å². The summed E-state index contributed by atoms with van der Waals surface area (Å²) in [6, 6.07) is 10.2. The zero-order valence-corrected chi connectivity index (χ0v) is 18.3. The highest BCUT2D eigenvalue weighted by molar-refractivity contribution is 6.34. The van der Waals surface area contributed by atoms with Crippen LogP contribution in [0.4, 0.5) is 13.2 Å². The van der Waals surface area contributed by atoms with Crippen LogP contribution in [0.15, 0.2) is 66.4 Å². The highest BCUT2D eigenvalue weighted by atomic mass is 35.5. The maximum absolute atomic E-state index is 14.2. The van der Waals surface area contributed by atoms with E-state index < -0.39 is 30.1 Å². The molecule has 0 fully saturated rings. The highest BCUT2D eigenvalue weighted by Crippen LogP contribution is 2.50. The number of carbonyl (C=O) groups is 1. The molecule has 2 aromatic carbocycles. The molecule has 9 heteroatoms. The lowest BCUT2D eigenvalue weighted by Crippen LogP contribution is -2.43. The van der Waals surface area contributed by atoms with Gasteiger partial charge < -0.3 is 9.94 Å². The zero-order valence-electron chi connectivity index (χ0n) is 16.8.